The predicted molar refractivity (Wildman–Crippen MR) is 87.6 cm³/mol. The lowest BCUT2D eigenvalue weighted by molar-refractivity contribution is 0.360. The number of halogens is 1. The maximum Gasteiger partial charge on any atom is 0.0213 e. The molecule has 1 rings (SSSR count). The minimum absolute atomic E-state index is 0.0934. The van der Waals surface area contributed by atoms with Crippen molar-refractivity contribution in [2.45, 2.75) is 46.1 Å². The number of aryl methyl sites for hydroxylation is 1. The summed E-state index contributed by atoms with van der Waals surface area (Å²) < 4.78 is 1.14. The van der Waals surface area contributed by atoms with Crippen molar-refractivity contribution in [3.8, 4) is 0 Å². The summed E-state index contributed by atoms with van der Waals surface area (Å²) in [7, 11) is 0. The van der Waals surface area contributed by atoms with E-state index in [2.05, 4.69) is 74.1 Å². The zero-order valence-electron chi connectivity index (χ0n) is 12.8. The Morgan fingerprint density at radius 3 is 2.47 bits per heavy atom. The highest BCUT2D eigenvalue weighted by atomic mass is 79.9. The Labute approximate surface area is 126 Å². The van der Waals surface area contributed by atoms with Gasteiger partial charge in [0.15, 0.2) is 0 Å². The first kappa shape index (κ1) is 16.7. The molecule has 0 aliphatic carbocycles. The van der Waals surface area contributed by atoms with Crippen LogP contribution >= 0.6 is 15.9 Å². The van der Waals surface area contributed by atoms with Crippen molar-refractivity contribution in [2.75, 3.05) is 13.1 Å². The Bertz CT molecular complexity index is 413. The van der Waals surface area contributed by atoms with E-state index in [1.165, 1.54) is 11.1 Å². The molecule has 1 aromatic rings. The Balaban J connectivity index is 2.83. The molecular formula is C16H27BrN2. The third-order valence-corrected chi connectivity index (χ3v) is 4.29. The van der Waals surface area contributed by atoms with Crippen molar-refractivity contribution >= 4 is 15.9 Å². The van der Waals surface area contributed by atoms with Gasteiger partial charge in [-0.05, 0) is 36.1 Å². The van der Waals surface area contributed by atoms with Crippen LogP contribution in [0.1, 0.15) is 38.8 Å². The maximum atomic E-state index is 5.83. The number of benzene rings is 1. The molecule has 0 saturated carbocycles. The summed E-state index contributed by atoms with van der Waals surface area (Å²) in [5.74, 6) is 0.560. The number of hydrogen-bond acceptors (Lipinski definition) is 2. The van der Waals surface area contributed by atoms with Gasteiger partial charge in [0.2, 0.25) is 0 Å². The number of hydrogen-bond donors (Lipinski definition) is 2. The summed E-state index contributed by atoms with van der Waals surface area (Å²) in [6.45, 7) is 12.8. The molecule has 0 aromatic heterocycles. The third-order valence-electron chi connectivity index (χ3n) is 3.79. The molecule has 0 aliphatic heterocycles. The largest absolute Gasteiger partial charge is 0.329 e. The van der Waals surface area contributed by atoms with Crippen molar-refractivity contribution in [2.24, 2.45) is 11.7 Å². The molecule has 1 aromatic carbocycles. The van der Waals surface area contributed by atoms with Crippen LogP contribution in [0.2, 0.25) is 0 Å². The molecule has 1 unspecified atom stereocenters. The van der Waals surface area contributed by atoms with E-state index in [-0.39, 0.29) is 5.41 Å². The quantitative estimate of drug-likeness (QED) is 0.838. The Morgan fingerprint density at radius 1 is 1.32 bits per heavy atom. The predicted octanol–water partition coefficient (Wildman–Crippen LogP) is 3.61. The van der Waals surface area contributed by atoms with Crippen molar-refractivity contribution < 1.29 is 0 Å². The van der Waals surface area contributed by atoms with Crippen molar-refractivity contribution in [3.63, 3.8) is 0 Å². The molecule has 0 saturated heterocycles. The lowest BCUT2D eigenvalue weighted by atomic mass is 9.81. The fourth-order valence-electron chi connectivity index (χ4n) is 2.40. The number of rotatable bonds is 6. The zero-order valence-corrected chi connectivity index (χ0v) is 14.3. The van der Waals surface area contributed by atoms with Gasteiger partial charge in [0.25, 0.3) is 0 Å². The Hall–Kier alpha value is -0.380. The molecule has 2 nitrogen and oxygen atoms in total. The van der Waals surface area contributed by atoms with Crippen molar-refractivity contribution in [3.05, 3.63) is 33.8 Å². The van der Waals surface area contributed by atoms with E-state index in [9.17, 15) is 0 Å². The standard InChI is InChI=1S/C16H27BrN2/c1-11(2)15(9-18)19-10-16(4,5)14-8-13(17)7-6-12(14)3/h6-8,11,15,19H,9-10,18H2,1-5H3. The first-order chi connectivity index (χ1) is 8.77. The highest BCUT2D eigenvalue weighted by Crippen LogP contribution is 2.28. The van der Waals surface area contributed by atoms with Gasteiger partial charge >= 0.3 is 0 Å². The van der Waals surface area contributed by atoms with Gasteiger partial charge in [0.05, 0.1) is 0 Å². The summed E-state index contributed by atoms with van der Waals surface area (Å²) in [5.41, 5.74) is 8.64. The first-order valence-electron chi connectivity index (χ1n) is 6.98. The molecule has 0 heterocycles. The second-order valence-electron chi connectivity index (χ2n) is 6.31. The van der Waals surface area contributed by atoms with Gasteiger partial charge in [-0.1, -0.05) is 49.7 Å². The summed E-state index contributed by atoms with van der Waals surface area (Å²) in [6, 6.07) is 6.87. The second-order valence-corrected chi connectivity index (χ2v) is 7.23. The monoisotopic (exact) mass is 326 g/mol. The van der Waals surface area contributed by atoms with Crippen LogP contribution in [-0.2, 0) is 5.41 Å². The van der Waals surface area contributed by atoms with E-state index in [0.717, 1.165) is 11.0 Å². The Kier molecular flexibility index (Phi) is 6.03. The highest BCUT2D eigenvalue weighted by molar-refractivity contribution is 9.10. The lowest BCUT2D eigenvalue weighted by Gasteiger charge is -2.31. The number of nitrogens with one attached hydrogen (secondary N) is 1. The average Bonchev–Trinajstić information content (AvgIpc) is 2.32. The van der Waals surface area contributed by atoms with Crippen LogP contribution in [0.15, 0.2) is 22.7 Å². The van der Waals surface area contributed by atoms with E-state index in [1.807, 2.05) is 0 Å². The minimum atomic E-state index is 0.0934. The molecule has 3 heteroatoms. The van der Waals surface area contributed by atoms with Gasteiger partial charge in [0.1, 0.15) is 0 Å². The smallest absolute Gasteiger partial charge is 0.0213 e. The second kappa shape index (κ2) is 6.87. The van der Waals surface area contributed by atoms with Crippen molar-refractivity contribution in [1.29, 1.82) is 0 Å². The summed E-state index contributed by atoms with van der Waals surface area (Å²) in [6.07, 6.45) is 0. The van der Waals surface area contributed by atoms with E-state index < -0.39 is 0 Å². The van der Waals surface area contributed by atoms with Gasteiger partial charge in [-0.15, -0.1) is 0 Å². The summed E-state index contributed by atoms with van der Waals surface area (Å²) >= 11 is 3.57. The molecule has 0 amide bonds. The van der Waals surface area contributed by atoms with E-state index in [1.54, 1.807) is 0 Å². The van der Waals surface area contributed by atoms with Crippen molar-refractivity contribution in [1.82, 2.24) is 5.32 Å². The van der Waals surface area contributed by atoms with Crippen LogP contribution in [0.25, 0.3) is 0 Å². The fourth-order valence-corrected chi connectivity index (χ4v) is 2.76. The molecule has 0 aliphatic rings. The van der Waals surface area contributed by atoms with Gasteiger partial charge in [0, 0.05) is 29.0 Å². The molecular weight excluding hydrogens is 300 g/mol. The van der Waals surface area contributed by atoms with E-state index >= 15 is 0 Å². The molecule has 0 spiro atoms. The highest BCUT2D eigenvalue weighted by Gasteiger charge is 2.24. The van der Waals surface area contributed by atoms with Gasteiger partial charge in [-0.2, -0.15) is 0 Å². The van der Waals surface area contributed by atoms with Crippen LogP contribution in [0.5, 0.6) is 0 Å². The summed E-state index contributed by atoms with van der Waals surface area (Å²) in [4.78, 5) is 0. The van der Waals surface area contributed by atoms with Crippen LogP contribution < -0.4 is 11.1 Å². The van der Waals surface area contributed by atoms with Gasteiger partial charge < -0.3 is 11.1 Å². The minimum Gasteiger partial charge on any atom is -0.329 e. The molecule has 19 heavy (non-hydrogen) atoms. The molecule has 1 atom stereocenters. The van der Waals surface area contributed by atoms with E-state index in [4.69, 9.17) is 5.73 Å². The number of nitrogens with two attached hydrogens (primary N) is 1. The molecule has 0 radical (unpaired) electrons. The van der Waals surface area contributed by atoms with Gasteiger partial charge in [-0.3, -0.25) is 0 Å². The topological polar surface area (TPSA) is 38.0 Å². The maximum absolute atomic E-state index is 5.83. The zero-order chi connectivity index (χ0) is 14.6. The molecule has 0 fully saturated rings. The van der Waals surface area contributed by atoms with Crippen LogP contribution in [0, 0.1) is 12.8 Å². The molecule has 108 valence electrons. The van der Waals surface area contributed by atoms with Crippen LogP contribution in [-0.4, -0.2) is 19.1 Å². The third kappa shape index (κ3) is 4.59. The van der Waals surface area contributed by atoms with Crippen LogP contribution in [0.3, 0.4) is 0 Å². The molecule has 3 N–H and O–H groups in total. The SMILES string of the molecule is Cc1ccc(Br)cc1C(C)(C)CNC(CN)C(C)C. The normalized spacial score (nSPS) is 13.9. The van der Waals surface area contributed by atoms with Crippen LogP contribution in [0.4, 0.5) is 0 Å². The lowest BCUT2D eigenvalue weighted by Crippen LogP contribution is -2.45. The average molecular weight is 327 g/mol. The van der Waals surface area contributed by atoms with Gasteiger partial charge in [-0.25, -0.2) is 0 Å². The Morgan fingerprint density at radius 2 is 1.95 bits per heavy atom. The summed E-state index contributed by atoms with van der Waals surface area (Å²) in [5, 5.41) is 3.61. The van der Waals surface area contributed by atoms with E-state index in [0.29, 0.717) is 18.5 Å². The fraction of sp³-hybridized carbons (Fsp3) is 0.625. The first-order valence-corrected chi connectivity index (χ1v) is 7.77. The molecule has 0 bridgehead atoms.